The number of ether oxygens (including phenoxy) is 1. The van der Waals surface area contributed by atoms with Gasteiger partial charge < -0.3 is 10.1 Å². The number of halogens is 1. The molecule has 2 aliphatic rings. The molecule has 6 heteroatoms. The molecular formula is C19H17BrN2O3. The maximum absolute atomic E-state index is 11.6. The standard InChI is InChI=1S/C19H17BrN2O3/c1-25-13-9-16-14-3-2-4-15(14)18(11-5-7-12(20)8-6-11)21-19(16)17(10-13)22(23)24/h2-3,5-10,14-15,18,21H,4H2,1H3. The largest absolute Gasteiger partial charge is 0.496 e. The molecule has 0 aromatic heterocycles. The van der Waals surface area contributed by atoms with Gasteiger partial charge in [0.1, 0.15) is 11.4 Å². The van der Waals surface area contributed by atoms with Crippen LogP contribution in [-0.2, 0) is 0 Å². The minimum absolute atomic E-state index is 0.0349. The zero-order valence-electron chi connectivity index (χ0n) is 13.6. The van der Waals surface area contributed by atoms with E-state index < -0.39 is 0 Å². The van der Waals surface area contributed by atoms with Gasteiger partial charge in [0.2, 0.25) is 0 Å². The van der Waals surface area contributed by atoms with E-state index in [-0.39, 0.29) is 22.6 Å². The number of rotatable bonds is 3. The second kappa shape index (κ2) is 6.19. The van der Waals surface area contributed by atoms with Gasteiger partial charge >= 0.3 is 0 Å². The lowest BCUT2D eigenvalue weighted by Gasteiger charge is -2.37. The SMILES string of the molecule is COc1cc2c(c([N+](=O)[O-])c1)NC(c1ccc(Br)cc1)C1CC=CC21. The molecule has 1 heterocycles. The zero-order chi connectivity index (χ0) is 17.6. The van der Waals surface area contributed by atoms with Crippen molar-refractivity contribution in [1.29, 1.82) is 0 Å². The van der Waals surface area contributed by atoms with E-state index in [1.807, 2.05) is 18.2 Å². The molecule has 2 aromatic carbocycles. The molecule has 0 spiro atoms. The van der Waals surface area contributed by atoms with Gasteiger partial charge in [0.25, 0.3) is 5.69 Å². The number of nitrogens with one attached hydrogen (secondary N) is 1. The van der Waals surface area contributed by atoms with Crippen LogP contribution in [0.2, 0.25) is 0 Å². The van der Waals surface area contributed by atoms with E-state index in [0.717, 1.165) is 22.0 Å². The summed E-state index contributed by atoms with van der Waals surface area (Å²) in [5.41, 5.74) is 2.75. The van der Waals surface area contributed by atoms with E-state index in [0.29, 0.717) is 17.4 Å². The first-order valence-electron chi connectivity index (χ1n) is 8.13. The van der Waals surface area contributed by atoms with Crippen molar-refractivity contribution in [3.63, 3.8) is 0 Å². The van der Waals surface area contributed by atoms with Gasteiger partial charge in [-0.05, 0) is 41.7 Å². The number of methoxy groups -OCH3 is 1. The van der Waals surface area contributed by atoms with Crippen molar-refractivity contribution in [2.45, 2.75) is 18.4 Å². The normalized spacial score (nSPS) is 23.5. The highest BCUT2D eigenvalue weighted by Gasteiger charge is 2.41. The average Bonchev–Trinajstić information content (AvgIpc) is 3.10. The molecule has 0 saturated carbocycles. The lowest BCUT2D eigenvalue weighted by atomic mass is 9.76. The summed E-state index contributed by atoms with van der Waals surface area (Å²) in [5.74, 6) is 1.01. The minimum Gasteiger partial charge on any atom is -0.496 e. The fourth-order valence-corrected chi connectivity index (χ4v) is 4.18. The van der Waals surface area contributed by atoms with Gasteiger partial charge in [-0.1, -0.05) is 40.2 Å². The van der Waals surface area contributed by atoms with Crippen molar-refractivity contribution in [2.75, 3.05) is 12.4 Å². The molecule has 3 atom stereocenters. The molecule has 1 N–H and O–H groups in total. The molecule has 1 aliphatic heterocycles. The molecule has 4 rings (SSSR count). The first-order valence-corrected chi connectivity index (χ1v) is 8.93. The Balaban J connectivity index is 1.85. The number of hydrogen-bond acceptors (Lipinski definition) is 4. The number of fused-ring (bicyclic) bond motifs is 3. The summed E-state index contributed by atoms with van der Waals surface area (Å²) in [7, 11) is 1.54. The van der Waals surface area contributed by atoms with E-state index in [9.17, 15) is 10.1 Å². The molecule has 3 unspecified atom stereocenters. The summed E-state index contributed by atoms with van der Waals surface area (Å²) < 4.78 is 6.30. The van der Waals surface area contributed by atoms with Gasteiger partial charge in [0.15, 0.2) is 0 Å². The minimum atomic E-state index is -0.341. The van der Waals surface area contributed by atoms with Gasteiger partial charge in [-0.25, -0.2) is 0 Å². The van der Waals surface area contributed by atoms with Crippen LogP contribution in [0, 0.1) is 16.0 Å². The van der Waals surface area contributed by atoms with Gasteiger partial charge in [-0.3, -0.25) is 10.1 Å². The Hall–Kier alpha value is -2.34. The Kier molecular flexibility index (Phi) is 4.00. The first kappa shape index (κ1) is 16.1. The number of benzene rings is 2. The molecule has 0 saturated heterocycles. The smallest absolute Gasteiger partial charge is 0.296 e. The third-order valence-electron chi connectivity index (χ3n) is 5.08. The lowest BCUT2D eigenvalue weighted by molar-refractivity contribution is -0.384. The van der Waals surface area contributed by atoms with Gasteiger partial charge in [-0.2, -0.15) is 0 Å². The molecule has 0 amide bonds. The number of nitro groups is 1. The average molecular weight is 401 g/mol. The lowest BCUT2D eigenvalue weighted by Crippen LogP contribution is -2.29. The van der Waals surface area contributed by atoms with Crippen LogP contribution in [0.25, 0.3) is 0 Å². The molecule has 0 fully saturated rings. The Morgan fingerprint density at radius 2 is 2.04 bits per heavy atom. The number of anilines is 1. The zero-order valence-corrected chi connectivity index (χ0v) is 15.2. The number of nitro benzene ring substituents is 1. The molecule has 25 heavy (non-hydrogen) atoms. The molecule has 1 aliphatic carbocycles. The van der Waals surface area contributed by atoms with Gasteiger partial charge in [0.05, 0.1) is 24.1 Å². The third kappa shape index (κ3) is 2.70. The van der Waals surface area contributed by atoms with Crippen LogP contribution >= 0.6 is 15.9 Å². The molecular weight excluding hydrogens is 384 g/mol. The van der Waals surface area contributed by atoms with Crippen LogP contribution in [0.1, 0.15) is 29.5 Å². The maximum Gasteiger partial charge on any atom is 0.296 e. The topological polar surface area (TPSA) is 64.4 Å². The summed E-state index contributed by atoms with van der Waals surface area (Å²) in [6.45, 7) is 0. The molecule has 0 bridgehead atoms. The highest BCUT2D eigenvalue weighted by molar-refractivity contribution is 9.10. The van der Waals surface area contributed by atoms with Crippen LogP contribution in [0.15, 0.2) is 53.0 Å². The van der Waals surface area contributed by atoms with Crippen molar-refractivity contribution in [1.82, 2.24) is 0 Å². The summed E-state index contributed by atoms with van der Waals surface area (Å²) in [5, 5.41) is 15.1. The summed E-state index contributed by atoms with van der Waals surface area (Å²) in [6, 6.07) is 11.6. The van der Waals surface area contributed by atoms with Gasteiger partial charge in [0, 0.05) is 10.4 Å². The first-order chi connectivity index (χ1) is 12.1. The monoisotopic (exact) mass is 400 g/mol. The number of hydrogen-bond donors (Lipinski definition) is 1. The van der Waals surface area contributed by atoms with Crippen LogP contribution in [0.3, 0.4) is 0 Å². The summed E-state index contributed by atoms with van der Waals surface area (Å²) >= 11 is 3.46. The second-order valence-corrected chi connectivity index (χ2v) is 7.31. The Morgan fingerprint density at radius 1 is 1.28 bits per heavy atom. The van der Waals surface area contributed by atoms with Gasteiger partial charge in [-0.15, -0.1) is 0 Å². The maximum atomic E-state index is 11.6. The Morgan fingerprint density at radius 3 is 2.72 bits per heavy atom. The van der Waals surface area contributed by atoms with E-state index in [1.54, 1.807) is 0 Å². The van der Waals surface area contributed by atoms with E-state index >= 15 is 0 Å². The van der Waals surface area contributed by atoms with Crippen molar-refractivity contribution in [3.05, 3.63) is 74.3 Å². The van der Waals surface area contributed by atoms with Crippen molar-refractivity contribution >= 4 is 27.3 Å². The van der Waals surface area contributed by atoms with Crippen LogP contribution in [-0.4, -0.2) is 12.0 Å². The fourth-order valence-electron chi connectivity index (χ4n) is 3.92. The Bertz CT molecular complexity index is 864. The predicted molar refractivity (Wildman–Crippen MR) is 100 cm³/mol. The quantitative estimate of drug-likeness (QED) is 0.437. The van der Waals surface area contributed by atoms with Crippen LogP contribution in [0.5, 0.6) is 5.75 Å². The summed E-state index contributed by atoms with van der Waals surface area (Å²) in [4.78, 5) is 11.3. The number of nitrogens with zero attached hydrogens (tertiary/aromatic N) is 1. The van der Waals surface area contributed by atoms with E-state index in [4.69, 9.17) is 4.74 Å². The van der Waals surface area contributed by atoms with E-state index in [2.05, 4.69) is 45.5 Å². The van der Waals surface area contributed by atoms with E-state index in [1.165, 1.54) is 13.2 Å². The molecule has 0 radical (unpaired) electrons. The predicted octanol–water partition coefficient (Wildman–Crippen LogP) is 5.19. The molecule has 128 valence electrons. The summed E-state index contributed by atoms with van der Waals surface area (Å²) in [6.07, 6.45) is 5.28. The van der Waals surface area contributed by atoms with Crippen LogP contribution < -0.4 is 10.1 Å². The molecule has 2 aromatic rings. The molecule has 5 nitrogen and oxygen atoms in total. The second-order valence-electron chi connectivity index (χ2n) is 6.39. The third-order valence-corrected chi connectivity index (χ3v) is 5.61. The van der Waals surface area contributed by atoms with Crippen molar-refractivity contribution in [3.8, 4) is 5.75 Å². The van der Waals surface area contributed by atoms with Crippen molar-refractivity contribution in [2.24, 2.45) is 5.92 Å². The van der Waals surface area contributed by atoms with Crippen molar-refractivity contribution < 1.29 is 9.66 Å². The highest BCUT2D eigenvalue weighted by atomic mass is 79.9. The Labute approximate surface area is 154 Å². The number of allylic oxidation sites excluding steroid dienone is 2. The van der Waals surface area contributed by atoms with Crippen LogP contribution in [0.4, 0.5) is 11.4 Å². The fraction of sp³-hybridized carbons (Fsp3) is 0.263. The highest BCUT2D eigenvalue weighted by Crippen LogP contribution is 2.53.